The summed E-state index contributed by atoms with van der Waals surface area (Å²) in [5.41, 5.74) is 3.63. The first-order chi connectivity index (χ1) is 9.86. The molecule has 1 heterocycles. The molecule has 1 aromatic heterocycles. The van der Waals surface area contributed by atoms with E-state index in [0.29, 0.717) is 0 Å². The summed E-state index contributed by atoms with van der Waals surface area (Å²) in [7, 11) is 1.89. The van der Waals surface area contributed by atoms with Crippen molar-refractivity contribution in [3.63, 3.8) is 0 Å². The van der Waals surface area contributed by atoms with Crippen molar-refractivity contribution >= 4 is 28.0 Å². The molecule has 20 heavy (non-hydrogen) atoms. The minimum atomic E-state index is 0.824. The lowest BCUT2D eigenvalue weighted by atomic mass is 10.2. The smallest absolute Gasteiger partial charge is 0.0966 e. The van der Waals surface area contributed by atoms with E-state index in [9.17, 15) is 0 Å². The number of fused-ring (bicyclic) bond motifs is 1. The normalized spacial score (nSPS) is 11.1. The van der Waals surface area contributed by atoms with Gasteiger partial charge in [-0.05, 0) is 36.4 Å². The molecule has 0 radical (unpaired) electrons. The molecule has 3 aromatic rings. The van der Waals surface area contributed by atoms with Crippen molar-refractivity contribution in [3.05, 3.63) is 60.8 Å². The van der Waals surface area contributed by atoms with Gasteiger partial charge < -0.3 is 5.32 Å². The van der Waals surface area contributed by atoms with Gasteiger partial charge in [0.2, 0.25) is 0 Å². The van der Waals surface area contributed by atoms with Crippen LogP contribution in [0.5, 0.6) is 0 Å². The van der Waals surface area contributed by atoms with Crippen LogP contribution in [-0.4, -0.2) is 12.0 Å². The summed E-state index contributed by atoms with van der Waals surface area (Å²) < 4.78 is 0. The maximum atomic E-state index is 4.32. The fourth-order valence-corrected chi connectivity index (χ4v) is 1.97. The number of pyridine rings is 1. The van der Waals surface area contributed by atoms with E-state index in [1.54, 1.807) is 6.20 Å². The zero-order valence-electron chi connectivity index (χ0n) is 11.1. The molecular weight excluding hydrogens is 248 g/mol. The third kappa shape index (κ3) is 2.49. The Kier molecular flexibility index (Phi) is 3.37. The highest BCUT2D eigenvalue weighted by Crippen LogP contribution is 2.26. The summed E-state index contributed by atoms with van der Waals surface area (Å²) in [6, 6.07) is 17.6. The van der Waals surface area contributed by atoms with E-state index in [1.165, 1.54) is 0 Å². The Bertz CT molecular complexity index is 743. The van der Waals surface area contributed by atoms with E-state index >= 15 is 0 Å². The van der Waals surface area contributed by atoms with Crippen LogP contribution >= 0.6 is 0 Å². The lowest BCUT2D eigenvalue weighted by Gasteiger charge is -2.00. The van der Waals surface area contributed by atoms with Gasteiger partial charge in [0.05, 0.1) is 16.9 Å². The van der Waals surface area contributed by atoms with E-state index in [0.717, 1.165) is 28.0 Å². The van der Waals surface area contributed by atoms with Gasteiger partial charge in [0.1, 0.15) is 0 Å². The first kappa shape index (κ1) is 12.3. The van der Waals surface area contributed by atoms with Crippen molar-refractivity contribution in [2.45, 2.75) is 0 Å². The molecule has 0 saturated heterocycles. The molecule has 0 atom stereocenters. The minimum Gasteiger partial charge on any atom is -0.388 e. The summed E-state index contributed by atoms with van der Waals surface area (Å²) in [6.07, 6.45) is 1.75. The number of benzene rings is 2. The molecule has 0 aliphatic rings. The van der Waals surface area contributed by atoms with Crippen molar-refractivity contribution in [2.24, 2.45) is 10.2 Å². The van der Waals surface area contributed by atoms with Crippen LogP contribution < -0.4 is 5.32 Å². The lowest BCUT2D eigenvalue weighted by Crippen LogP contribution is -1.85. The van der Waals surface area contributed by atoms with Gasteiger partial charge in [-0.2, -0.15) is 5.11 Å². The number of hydrogen-bond donors (Lipinski definition) is 1. The first-order valence-electron chi connectivity index (χ1n) is 6.40. The van der Waals surface area contributed by atoms with Gasteiger partial charge in [-0.25, -0.2) is 0 Å². The molecule has 0 saturated carbocycles. The van der Waals surface area contributed by atoms with Gasteiger partial charge in [-0.15, -0.1) is 5.11 Å². The second-order valence-corrected chi connectivity index (χ2v) is 4.34. The lowest BCUT2D eigenvalue weighted by molar-refractivity contribution is 1.23. The maximum absolute atomic E-state index is 4.32. The Balaban J connectivity index is 1.93. The Morgan fingerprint density at radius 2 is 1.70 bits per heavy atom. The predicted molar refractivity (Wildman–Crippen MR) is 81.9 cm³/mol. The van der Waals surface area contributed by atoms with Crippen LogP contribution in [0.2, 0.25) is 0 Å². The van der Waals surface area contributed by atoms with Crippen LogP contribution in [0.15, 0.2) is 71.0 Å². The average molecular weight is 262 g/mol. The Morgan fingerprint density at radius 3 is 2.50 bits per heavy atom. The largest absolute Gasteiger partial charge is 0.388 e. The van der Waals surface area contributed by atoms with Crippen LogP contribution in [0.4, 0.5) is 17.1 Å². The van der Waals surface area contributed by atoms with Crippen LogP contribution in [-0.2, 0) is 0 Å². The molecule has 3 rings (SSSR count). The van der Waals surface area contributed by atoms with Crippen LogP contribution in [0.25, 0.3) is 10.9 Å². The highest BCUT2D eigenvalue weighted by molar-refractivity contribution is 5.89. The van der Waals surface area contributed by atoms with E-state index in [2.05, 4.69) is 20.5 Å². The highest BCUT2D eigenvalue weighted by Gasteiger charge is 1.99. The molecule has 98 valence electrons. The van der Waals surface area contributed by atoms with Gasteiger partial charge >= 0.3 is 0 Å². The number of nitrogens with one attached hydrogen (secondary N) is 1. The monoisotopic (exact) mass is 262 g/mol. The number of hydrogen-bond acceptors (Lipinski definition) is 4. The fraction of sp³-hybridized carbons (Fsp3) is 0.0625. The summed E-state index contributed by atoms with van der Waals surface area (Å²) in [5.74, 6) is 0. The second-order valence-electron chi connectivity index (χ2n) is 4.34. The van der Waals surface area contributed by atoms with Crippen LogP contribution in [0.3, 0.4) is 0 Å². The molecule has 0 unspecified atom stereocenters. The Labute approximate surface area is 117 Å². The number of rotatable bonds is 3. The number of azo groups is 1. The van der Waals surface area contributed by atoms with E-state index in [1.807, 2.05) is 61.6 Å². The van der Waals surface area contributed by atoms with Crippen molar-refractivity contribution < 1.29 is 0 Å². The number of nitrogens with zero attached hydrogens (tertiary/aromatic N) is 3. The van der Waals surface area contributed by atoms with Crippen molar-refractivity contribution in [1.82, 2.24) is 4.98 Å². The van der Waals surface area contributed by atoms with Gasteiger partial charge in [0.15, 0.2) is 0 Å². The summed E-state index contributed by atoms with van der Waals surface area (Å²) in [4.78, 5) is 4.31. The summed E-state index contributed by atoms with van der Waals surface area (Å²) in [5, 5.41) is 12.7. The third-order valence-corrected chi connectivity index (χ3v) is 3.06. The van der Waals surface area contributed by atoms with Gasteiger partial charge in [-0.1, -0.05) is 18.2 Å². The van der Waals surface area contributed by atoms with Gasteiger partial charge in [0.25, 0.3) is 0 Å². The summed E-state index contributed by atoms with van der Waals surface area (Å²) >= 11 is 0. The van der Waals surface area contributed by atoms with E-state index < -0.39 is 0 Å². The molecule has 4 nitrogen and oxygen atoms in total. The Hall–Kier alpha value is -2.75. The van der Waals surface area contributed by atoms with Crippen molar-refractivity contribution in [2.75, 3.05) is 12.4 Å². The maximum Gasteiger partial charge on any atom is 0.0966 e. The molecular formula is C16H14N4. The van der Waals surface area contributed by atoms with Crippen molar-refractivity contribution in [3.8, 4) is 0 Å². The SMILES string of the molecule is CNc1ccc(N=Nc2ccnc3ccccc23)cc1. The molecule has 4 heteroatoms. The summed E-state index contributed by atoms with van der Waals surface area (Å²) in [6.45, 7) is 0. The number of anilines is 1. The first-order valence-corrected chi connectivity index (χ1v) is 6.40. The molecule has 1 N–H and O–H groups in total. The Morgan fingerprint density at radius 1 is 0.900 bits per heavy atom. The van der Waals surface area contributed by atoms with Crippen LogP contribution in [0.1, 0.15) is 0 Å². The molecule has 0 amide bonds. The molecule has 0 aliphatic heterocycles. The van der Waals surface area contributed by atoms with E-state index in [-0.39, 0.29) is 0 Å². The third-order valence-electron chi connectivity index (χ3n) is 3.06. The quantitative estimate of drug-likeness (QED) is 0.696. The average Bonchev–Trinajstić information content (AvgIpc) is 2.53. The molecule has 0 fully saturated rings. The highest BCUT2D eigenvalue weighted by atomic mass is 15.1. The fourth-order valence-electron chi connectivity index (χ4n) is 1.97. The molecule has 2 aromatic carbocycles. The van der Waals surface area contributed by atoms with E-state index in [4.69, 9.17) is 0 Å². The van der Waals surface area contributed by atoms with Gasteiger partial charge in [-0.3, -0.25) is 4.98 Å². The second kappa shape index (κ2) is 5.48. The zero-order chi connectivity index (χ0) is 13.8. The number of para-hydroxylation sites is 1. The predicted octanol–water partition coefficient (Wildman–Crippen LogP) is 4.69. The molecule has 0 bridgehead atoms. The van der Waals surface area contributed by atoms with Crippen molar-refractivity contribution in [1.29, 1.82) is 0 Å². The minimum absolute atomic E-state index is 0.824. The molecule has 0 spiro atoms. The van der Waals surface area contributed by atoms with Gasteiger partial charge in [0, 0.05) is 24.3 Å². The van der Waals surface area contributed by atoms with Crippen LogP contribution in [0, 0.1) is 0 Å². The number of aromatic nitrogens is 1. The molecule has 0 aliphatic carbocycles. The topological polar surface area (TPSA) is 49.6 Å². The standard InChI is InChI=1S/C16H14N4/c1-17-12-6-8-13(9-7-12)19-20-16-10-11-18-15-5-3-2-4-14(15)16/h2-11,17H,1H3. The zero-order valence-corrected chi connectivity index (χ0v) is 11.1.